The third-order valence-electron chi connectivity index (χ3n) is 7.38. The molecule has 3 aliphatic rings. The van der Waals surface area contributed by atoms with Gasteiger partial charge in [0.05, 0.1) is 5.69 Å². The number of hydrogen-bond donors (Lipinski definition) is 2. The van der Waals surface area contributed by atoms with Gasteiger partial charge in [-0.3, -0.25) is 14.5 Å². The summed E-state index contributed by atoms with van der Waals surface area (Å²) in [5.74, 6) is 0.223. The standard InChI is InChI=1S/C25H30FN5O3/c1-16(32)29-9-7-21(8-10-29)30-13-17-11-18(15-30)24-22(5-6-23(33)31(24)14-17)28-25(34)27-20-4-2-3-19(26)12-20/h2-6,12,17-18,21H,7-11,13-15H2,1H3,(H2,27,28,34)/t17-,18-/m1/s1. The fraction of sp³-hybridized carbons (Fsp3) is 0.480. The molecule has 9 heteroatoms. The van der Waals surface area contributed by atoms with Crippen molar-refractivity contribution in [2.75, 3.05) is 36.8 Å². The van der Waals surface area contributed by atoms with E-state index in [0.29, 0.717) is 29.9 Å². The Morgan fingerprint density at radius 3 is 2.56 bits per heavy atom. The molecule has 3 aliphatic heterocycles. The number of urea groups is 1. The molecule has 34 heavy (non-hydrogen) atoms. The van der Waals surface area contributed by atoms with E-state index in [2.05, 4.69) is 15.5 Å². The van der Waals surface area contributed by atoms with Crippen molar-refractivity contribution in [3.63, 3.8) is 0 Å². The highest BCUT2D eigenvalue weighted by atomic mass is 19.1. The Bertz CT molecular complexity index is 1160. The molecule has 2 aromatic rings. The summed E-state index contributed by atoms with van der Waals surface area (Å²) in [7, 11) is 0. The lowest BCUT2D eigenvalue weighted by molar-refractivity contribution is -0.130. The fourth-order valence-corrected chi connectivity index (χ4v) is 5.85. The number of aromatic nitrogens is 1. The summed E-state index contributed by atoms with van der Waals surface area (Å²) in [5, 5.41) is 5.55. The van der Waals surface area contributed by atoms with Gasteiger partial charge in [-0.2, -0.15) is 0 Å². The summed E-state index contributed by atoms with van der Waals surface area (Å²) in [5.41, 5.74) is 1.79. The van der Waals surface area contributed by atoms with E-state index in [9.17, 15) is 18.8 Å². The van der Waals surface area contributed by atoms with Crippen molar-refractivity contribution in [3.05, 3.63) is 58.3 Å². The smallest absolute Gasteiger partial charge is 0.323 e. The number of carbonyl (C=O) groups excluding carboxylic acids is 2. The molecule has 2 bridgehead atoms. The van der Waals surface area contributed by atoms with E-state index in [-0.39, 0.29) is 17.4 Å². The van der Waals surface area contributed by atoms with Crippen LogP contribution in [0.25, 0.3) is 0 Å². The summed E-state index contributed by atoms with van der Waals surface area (Å²) in [6.07, 6.45) is 2.90. The summed E-state index contributed by atoms with van der Waals surface area (Å²) >= 11 is 0. The number of piperidine rings is 2. The van der Waals surface area contributed by atoms with E-state index >= 15 is 0 Å². The highest BCUT2D eigenvalue weighted by Gasteiger charge is 2.39. The number of benzene rings is 1. The Hall–Kier alpha value is -3.20. The van der Waals surface area contributed by atoms with E-state index < -0.39 is 11.8 Å². The fourth-order valence-electron chi connectivity index (χ4n) is 5.85. The minimum Gasteiger partial charge on any atom is -0.343 e. The maximum Gasteiger partial charge on any atom is 0.323 e. The van der Waals surface area contributed by atoms with E-state index in [1.807, 2.05) is 9.47 Å². The quantitative estimate of drug-likeness (QED) is 0.727. The summed E-state index contributed by atoms with van der Waals surface area (Å²) in [6.45, 7) is 5.60. The van der Waals surface area contributed by atoms with Crippen LogP contribution in [-0.2, 0) is 11.3 Å². The molecule has 2 fully saturated rings. The molecule has 2 atom stereocenters. The van der Waals surface area contributed by atoms with Crippen LogP contribution in [0.5, 0.6) is 0 Å². The summed E-state index contributed by atoms with van der Waals surface area (Å²) < 4.78 is 15.3. The number of halogens is 1. The Morgan fingerprint density at radius 2 is 1.82 bits per heavy atom. The largest absolute Gasteiger partial charge is 0.343 e. The lowest BCUT2D eigenvalue weighted by Gasteiger charge is -2.47. The first-order valence-corrected chi connectivity index (χ1v) is 11.9. The van der Waals surface area contributed by atoms with E-state index in [1.165, 1.54) is 24.3 Å². The average Bonchev–Trinajstić information content (AvgIpc) is 2.81. The molecular formula is C25H30FN5O3. The van der Waals surface area contributed by atoms with Gasteiger partial charge in [0.1, 0.15) is 5.82 Å². The van der Waals surface area contributed by atoms with Crippen molar-refractivity contribution in [3.8, 4) is 0 Å². The zero-order valence-electron chi connectivity index (χ0n) is 19.3. The molecule has 0 radical (unpaired) electrons. The normalized spacial score (nSPS) is 22.7. The van der Waals surface area contributed by atoms with Gasteiger partial charge in [0.2, 0.25) is 5.91 Å². The monoisotopic (exact) mass is 467 g/mol. The van der Waals surface area contributed by atoms with Crippen LogP contribution >= 0.6 is 0 Å². The van der Waals surface area contributed by atoms with Crippen LogP contribution in [0.15, 0.2) is 41.2 Å². The molecule has 8 nitrogen and oxygen atoms in total. The van der Waals surface area contributed by atoms with Crippen LogP contribution in [0.1, 0.15) is 37.8 Å². The number of pyridine rings is 1. The molecule has 3 amide bonds. The van der Waals surface area contributed by atoms with Crippen LogP contribution in [0.2, 0.25) is 0 Å². The zero-order chi connectivity index (χ0) is 23.8. The molecule has 1 aromatic carbocycles. The highest BCUT2D eigenvalue weighted by molar-refractivity contribution is 6.00. The highest BCUT2D eigenvalue weighted by Crippen LogP contribution is 2.40. The van der Waals surface area contributed by atoms with Gasteiger partial charge < -0.3 is 20.1 Å². The third kappa shape index (κ3) is 4.57. The first-order valence-electron chi connectivity index (χ1n) is 11.9. The zero-order valence-corrected chi connectivity index (χ0v) is 19.3. The number of amides is 3. The first kappa shape index (κ1) is 22.6. The maximum atomic E-state index is 13.5. The molecule has 2 N–H and O–H groups in total. The SMILES string of the molecule is CC(=O)N1CCC(N2C[C@H]3C[C@H](C2)c2c(NC(=O)Nc4cccc(F)c4)ccc(=O)n2C3)CC1. The lowest BCUT2D eigenvalue weighted by atomic mass is 9.81. The van der Waals surface area contributed by atoms with E-state index in [1.54, 1.807) is 19.1 Å². The van der Waals surface area contributed by atoms with Crippen LogP contribution in [0, 0.1) is 11.7 Å². The molecule has 0 saturated carbocycles. The van der Waals surface area contributed by atoms with Crippen LogP contribution in [0.3, 0.4) is 0 Å². The molecule has 4 heterocycles. The van der Waals surface area contributed by atoms with Crippen molar-refractivity contribution in [1.82, 2.24) is 14.4 Å². The third-order valence-corrected chi connectivity index (χ3v) is 7.38. The average molecular weight is 468 g/mol. The molecule has 5 rings (SSSR count). The minimum atomic E-state index is -0.474. The Labute approximate surface area is 197 Å². The molecule has 180 valence electrons. The molecule has 2 saturated heterocycles. The second-order valence-corrected chi connectivity index (χ2v) is 9.66. The van der Waals surface area contributed by atoms with Gasteiger partial charge in [-0.15, -0.1) is 0 Å². The first-order chi connectivity index (χ1) is 16.4. The summed E-state index contributed by atoms with van der Waals surface area (Å²) in [4.78, 5) is 41.5. The Balaban J connectivity index is 1.33. The molecular weight excluding hydrogens is 437 g/mol. The predicted molar refractivity (Wildman–Crippen MR) is 127 cm³/mol. The van der Waals surface area contributed by atoms with Crippen LogP contribution in [-0.4, -0.2) is 58.5 Å². The number of fused-ring (bicyclic) bond motifs is 4. The molecule has 0 spiro atoms. The minimum absolute atomic E-state index is 0.0518. The Morgan fingerprint density at radius 1 is 1.03 bits per heavy atom. The van der Waals surface area contributed by atoms with Crippen LogP contribution < -0.4 is 16.2 Å². The van der Waals surface area contributed by atoms with Gasteiger partial charge in [-0.25, -0.2) is 9.18 Å². The van der Waals surface area contributed by atoms with Crippen molar-refractivity contribution < 1.29 is 14.0 Å². The molecule has 0 unspecified atom stereocenters. The van der Waals surface area contributed by atoms with Crippen molar-refractivity contribution >= 4 is 23.3 Å². The van der Waals surface area contributed by atoms with Crippen molar-refractivity contribution in [2.45, 2.75) is 44.7 Å². The number of nitrogens with one attached hydrogen (secondary N) is 2. The number of carbonyl (C=O) groups is 2. The van der Waals surface area contributed by atoms with E-state index in [0.717, 1.165) is 51.1 Å². The van der Waals surface area contributed by atoms with Gasteiger partial charge in [0.25, 0.3) is 5.56 Å². The number of anilines is 2. The number of hydrogen-bond acceptors (Lipinski definition) is 4. The number of likely N-dealkylation sites (tertiary alicyclic amines) is 2. The predicted octanol–water partition coefficient (Wildman–Crippen LogP) is 3.06. The topological polar surface area (TPSA) is 86.7 Å². The summed E-state index contributed by atoms with van der Waals surface area (Å²) in [6, 6.07) is 8.85. The van der Waals surface area contributed by atoms with Crippen LogP contribution in [0.4, 0.5) is 20.6 Å². The second kappa shape index (κ2) is 9.21. The van der Waals surface area contributed by atoms with Gasteiger partial charge in [0, 0.05) is 69.1 Å². The number of rotatable bonds is 3. The van der Waals surface area contributed by atoms with E-state index in [4.69, 9.17) is 0 Å². The Kier molecular flexibility index (Phi) is 6.12. The van der Waals surface area contributed by atoms with Gasteiger partial charge in [0.15, 0.2) is 0 Å². The van der Waals surface area contributed by atoms with Gasteiger partial charge >= 0.3 is 6.03 Å². The van der Waals surface area contributed by atoms with Crippen molar-refractivity contribution in [1.29, 1.82) is 0 Å². The molecule has 0 aliphatic carbocycles. The van der Waals surface area contributed by atoms with Crippen molar-refractivity contribution in [2.24, 2.45) is 5.92 Å². The number of nitrogens with zero attached hydrogens (tertiary/aromatic N) is 3. The van der Waals surface area contributed by atoms with Gasteiger partial charge in [-0.1, -0.05) is 6.07 Å². The lowest BCUT2D eigenvalue weighted by Crippen LogP contribution is -2.53. The van der Waals surface area contributed by atoms with Gasteiger partial charge in [-0.05, 0) is 49.4 Å². The molecule has 1 aromatic heterocycles. The maximum absolute atomic E-state index is 13.5. The second-order valence-electron chi connectivity index (χ2n) is 9.66.